The summed E-state index contributed by atoms with van der Waals surface area (Å²) in [5, 5.41) is 3.32. The maximum Gasteiger partial charge on any atom is 0.124 e. The Labute approximate surface area is 121 Å². The van der Waals surface area contributed by atoms with Crippen LogP contribution in [0.2, 0.25) is 0 Å². The van der Waals surface area contributed by atoms with Gasteiger partial charge in [0, 0.05) is 12.1 Å². The summed E-state index contributed by atoms with van der Waals surface area (Å²) >= 11 is 0. The zero-order valence-electron chi connectivity index (χ0n) is 11.1. The fourth-order valence-corrected chi connectivity index (χ4v) is 1.79. The number of halogens is 1. The van der Waals surface area contributed by atoms with Gasteiger partial charge in [0.25, 0.3) is 0 Å². The average molecular weight is 277 g/mol. The van der Waals surface area contributed by atoms with Crippen LogP contribution in [0.25, 0.3) is 0 Å². The average Bonchev–Trinajstić information content (AvgIpc) is 2.45. The lowest BCUT2D eigenvalue weighted by molar-refractivity contribution is -0.00000407. The second-order valence-corrected chi connectivity index (χ2v) is 4.16. The molecule has 0 unspecified atom stereocenters. The molecule has 1 N–H and O–H groups in total. The number of hydrogen-bond donors (Lipinski definition) is 1. The van der Waals surface area contributed by atoms with Crippen molar-refractivity contribution < 1.29 is 17.1 Å². The highest BCUT2D eigenvalue weighted by atomic mass is 35.5. The smallest absolute Gasteiger partial charge is 0.124 e. The second-order valence-electron chi connectivity index (χ2n) is 4.16. The summed E-state index contributed by atoms with van der Waals surface area (Å²) in [6.07, 6.45) is 0. The van der Waals surface area contributed by atoms with Crippen LogP contribution >= 0.6 is 0 Å². The van der Waals surface area contributed by atoms with E-state index in [2.05, 4.69) is 30.4 Å². The maximum atomic E-state index is 5.88. The van der Waals surface area contributed by atoms with E-state index in [9.17, 15) is 0 Å². The predicted octanol–water partition coefficient (Wildman–Crippen LogP) is 0.379. The molecule has 0 heterocycles. The third-order valence-corrected chi connectivity index (χ3v) is 2.78. The summed E-state index contributed by atoms with van der Waals surface area (Å²) < 4.78 is 5.88. The minimum atomic E-state index is 0. The predicted molar refractivity (Wildman–Crippen MR) is 74.6 cm³/mol. The minimum absolute atomic E-state index is 0. The molecule has 0 amide bonds. The lowest BCUT2D eigenvalue weighted by Crippen LogP contribution is -3.00. The highest BCUT2D eigenvalue weighted by molar-refractivity contribution is 5.33. The third kappa shape index (κ3) is 4.93. The first-order valence-electron chi connectivity index (χ1n) is 6.35. The van der Waals surface area contributed by atoms with Gasteiger partial charge in [-0.15, -0.1) is 0 Å². The molecule has 0 atom stereocenters. The van der Waals surface area contributed by atoms with Crippen molar-refractivity contribution in [2.24, 2.45) is 0 Å². The first-order valence-corrected chi connectivity index (χ1v) is 6.35. The standard InChI is InChI=1S/C16H19NO.ClH/c1-2-17-12-15-10-6-7-11-16(15)18-13-14-8-4-3-5-9-14;/h3-11,17H,2,12-13H2,1H3;1H/p-1. The van der Waals surface area contributed by atoms with Gasteiger partial charge < -0.3 is 22.5 Å². The van der Waals surface area contributed by atoms with Crippen LogP contribution in [0.4, 0.5) is 0 Å². The summed E-state index contributed by atoms with van der Waals surface area (Å²) in [6, 6.07) is 18.4. The molecule has 0 aromatic heterocycles. The quantitative estimate of drug-likeness (QED) is 0.824. The Hall–Kier alpha value is -1.51. The van der Waals surface area contributed by atoms with E-state index in [1.54, 1.807) is 0 Å². The fraction of sp³-hybridized carbons (Fsp3) is 0.250. The van der Waals surface area contributed by atoms with E-state index in [1.165, 1.54) is 11.1 Å². The Bertz CT molecular complexity index is 473. The van der Waals surface area contributed by atoms with Gasteiger partial charge in [0.05, 0.1) is 0 Å². The summed E-state index contributed by atoms with van der Waals surface area (Å²) in [4.78, 5) is 0. The molecule has 0 aliphatic rings. The van der Waals surface area contributed by atoms with Crippen LogP contribution < -0.4 is 22.5 Å². The first-order chi connectivity index (χ1) is 8.90. The number of rotatable bonds is 6. The highest BCUT2D eigenvalue weighted by Crippen LogP contribution is 2.19. The number of para-hydroxylation sites is 1. The van der Waals surface area contributed by atoms with Crippen molar-refractivity contribution in [1.82, 2.24) is 5.32 Å². The molecule has 0 fully saturated rings. The maximum absolute atomic E-state index is 5.88. The van der Waals surface area contributed by atoms with Crippen LogP contribution in [0.3, 0.4) is 0 Å². The van der Waals surface area contributed by atoms with Crippen molar-refractivity contribution in [2.45, 2.75) is 20.1 Å². The summed E-state index contributed by atoms with van der Waals surface area (Å²) in [5.74, 6) is 0.960. The molecule has 0 radical (unpaired) electrons. The van der Waals surface area contributed by atoms with E-state index in [1.807, 2.05) is 36.4 Å². The van der Waals surface area contributed by atoms with E-state index in [0.717, 1.165) is 18.8 Å². The molecule has 2 rings (SSSR count). The van der Waals surface area contributed by atoms with Crippen molar-refractivity contribution in [2.75, 3.05) is 6.54 Å². The number of benzene rings is 2. The van der Waals surface area contributed by atoms with Crippen LogP contribution in [0.15, 0.2) is 54.6 Å². The fourth-order valence-electron chi connectivity index (χ4n) is 1.79. The van der Waals surface area contributed by atoms with Crippen molar-refractivity contribution in [3.8, 4) is 5.75 Å². The van der Waals surface area contributed by atoms with Crippen LogP contribution in [0.5, 0.6) is 5.75 Å². The van der Waals surface area contributed by atoms with Gasteiger partial charge in [-0.25, -0.2) is 0 Å². The molecule has 2 aromatic carbocycles. The molecule has 0 bridgehead atoms. The van der Waals surface area contributed by atoms with Crippen molar-refractivity contribution in [1.29, 1.82) is 0 Å². The van der Waals surface area contributed by atoms with Crippen LogP contribution in [-0.2, 0) is 13.2 Å². The molecule has 0 aliphatic carbocycles. The van der Waals surface area contributed by atoms with E-state index in [0.29, 0.717) is 6.61 Å². The molecular formula is C16H19ClNO-. The van der Waals surface area contributed by atoms with Crippen LogP contribution in [0.1, 0.15) is 18.1 Å². The van der Waals surface area contributed by atoms with E-state index < -0.39 is 0 Å². The lowest BCUT2D eigenvalue weighted by Gasteiger charge is -2.11. The zero-order chi connectivity index (χ0) is 12.6. The normalized spacial score (nSPS) is 9.74. The molecule has 0 spiro atoms. The molecule has 19 heavy (non-hydrogen) atoms. The second kappa shape index (κ2) is 8.57. The van der Waals surface area contributed by atoms with Crippen molar-refractivity contribution in [3.05, 3.63) is 65.7 Å². The Morgan fingerprint density at radius 1 is 0.947 bits per heavy atom. The SMILES string of the molecule is CCNCc1ccccc1OCc1ccccc1.[Cl-]. The molecule has 2 aromatic rings. The summed E-state index contributed by atoms with van der Waals surface area (Å²) in [6.45, 7) is 4.53. The van der Waals surface area contributed by atoms with Gasteiger partial charge in [-0.05, 0) is 18.2 Å². The molecule has 0 saturated carbocycles. The molecule has 3 heteroatoms. The third-order valence-electron chi connectivity index (χ3n) is 2.78. The minimum Gasteiger partial charge on any atom is -1.00 e. The molecular weight excluding hydrogens is 258 g/mol. The molecule has 2 nitrogen and oxygen atoms in total. The Morgan fingerprint density at radius 2 is 1.63 bits per heavy atom. The number of hydrogen-bond acceptors (Lipinski definition) is 2. The van der Waals surface area contributed by atoms with Gasteiger partial charge in [0.2, 0.25) is 0 Å². The van der Waals surface area contributed by atoms with E-state index >= 15 is 0 Å². The summed E-state index contributed by atoms with van der Waals surface area (Å²) in [7, 11) is 0. The van der Waals surface area contributed by atoms with Gasteiger partial charge >= 0.3 is 0 Å². The Kier molecular flexibility index (Phi) is 7.01. The van der Waals surface area contributed by atoms with E-state index in [4.69, 9.17) is 4.74 Å². The Balaban J connectivity index is 0.00000180. The lowest BCUT2D eigenvalue weighted by atomic mass is 10.2. The van der Waals surface area contributed by atoms with Gasteiger partial charge in [0.1, 0.15) is 12.4 Å². The van der Waals surface area contributed by atoms with E-state index in [-0.39, 0.29) is 12.4 Å². The first kappa shape index (κ1) is 15.5. The number of ether oxygens (including phenoxy) is 1. The zero-order valence-corrected chi connectivity index (χ0v) is 11.9. The van der Waals surface area contributed by atoms with Gasteiger partial charge in [0.15, 0.2) is 0 Å². The van der Waals surface area contributed by atoms with Gasteiger partial charge in [-0.3, -0.25) is 0 Å². The Morgan fingerprint density at radius 3 is 2.37 bits per heavy atom. The topological polar surface area (TPSA) is 21.3 Å². The summed E-state index contributed by atoms with van der Waals surface area (Å²) in [5.41, 5.74) is 2.39. The number of nitrogens with one attached hydrogen (secondary N) is 1. The molecule has 0 saturated heterocycles. The van der Waals surface area contributed by atoms with Gasteiger partial charge in [-0.1, -0.05) is 55.5 Å². The van der Waals surface area contributed by atoms with Crippen LogP contribution in [0, 0.1) is 0 Å². The van der Waals surface area contributed by atoms with Crippen LogP contribution in [-0.4, -0.2) is 6.54 Å². The molecule has 0 aliphatic heterocycles. The molecule has 102 valence electrons. The largest absolute Gasteiger partial charge is 1.00 e. The van der Waals surface area contributed by atoms with Crippen molar-refractivity contribution in [3.63, 3.8) is 0 Å². The highest BCUT2D eigenvalue weighted by Gasteiger charge is 2.02. The van der Waals surface area contributed by atoms with Gasteiger partial charge in [-0.2, -0.15) is 0 Å². The van der Waals surface area contributed by atoms with Crippen molar-refractivity contribution >= 4 is 0 Å². The monoisotopic (exact) mass is 276 g/mol.